The number of amides is 2. The molecule has 7 heteroatoms. The fourth-order valence-electron chi connectivity index (χ4n) is 4.37. The van der Waals surface area contributed by atoms with Crippen LogP contribution in [0.3, 0.4) is 0 Å². The highest BCUT2D eigenvalue weighted by atomic mass is 16.5. The zero-order valence-corrected chi connectivity index (χ0v) is 15.5. The molecule has 1 spiro atoms. The molecule has 0 atom stereocenters. The van der Waals surface area contributed by atoms with E-state index in [0.717, 1.165) is 70.5 Å². The number of likely N-dealkylation sites (tertiary alicyclic amines) is 2. The number of rotatable bonds is 4. The van der Waals surface area contributed by atoms with Crippen molar-refractivity contribution in [3.8, 4) is 0 Å². The highest BCUT2D eigenvalue weighted by Gasteiger charge is 2.40. The zero-order chi connectivity index (χ0) is 18.1. The first-order chi connectivity index (χ1) is 12.6. The molecule has 142 valence electrons. The highest BCUT2D eigenvalue weighted by molar-refractivity contribution is 5.92. The number of carbonyl (C=O) groups is 2. The summed E-state index contributed by atoms with van der Waals surface area (Å²) in [6, 6.07) is 1.84. The summed E-state index contributed by atoms with van der Waals surface area (Å²) in [6.07, 6.45) is 6.56. The SMILES string of the molecule is CNC(=O)CN1CCC2(CCCN(C(=O)c3cc(C4CC4)on3)C2)CC1. The lowest BCUT2D eigenvalue weighted by Crippen LogP contribution is -2.52. The van der Waals surface area contributed by atoms with Crippen LogP contribution in [0.1, 0.15) is 60.7 Å². The van der Waals surface area contributed by atoms with Crippen LogP contribution in [-0.4, -0.2) is 66.5 Å². The van der Waals surface area contributed by atoms with Gasteiger partial charge in [0, 0.05) is 32.1 Å². The number of piperidine rings is 2. The monoisotopic (exact) mass is 360 g/mol. The van der Waals surface area contributed by atoms with Crippen LogP contribution in [0.25, 0.3) is 0 Å². The number of nitrogens with zero attached hydrogens (tertiary/aromatic N) is 3. The van der Waals surface area contributed by atoms with Crippen molar-refractivity contribution < 1.29 is 14.1 Å². The van der Waals surface area contributed by atoms with Gasteiger partial charge in [-0.05, 0) is 57.0 Å². The van der Waals surface area contributed by atoms with Gasteiger partial charge in [-0.2, -0.15) is 0 Å². The largest absolute Gasteiger partial charge is 0.360 e. The number of hydrogen-bond acceptors (Lipinski definition) is 5. The normalized spacial score (nSPS) is 23.2. The summed E-state index contributed by atoms with van der Waals surface area (Å²) in [6.45, 7) is 3.91. The van der Waals surface area contributed by atoms with Crippen LogP contribution in [0.2, 0.25) is 0 Å². The lowest BCUT2D eigenvalue weighted by atomic mass is 9.72. The second kappa shape index (κ2) is 7.02. The van der Waals surface area contributed by atoms with E-state index in [4.69, 9.17) is 4.52 Å². The lowest BCUT2D eigenvalue weighted by Gasteiger charge is -2.47. The van der Waals surface area contributed by atoms with Gasteiger partial charge < -0.3 is 14.7 Å². The first-order valence-electron chi connectivity index (χ1n) is 9.77. The molecule has 2 amide bonds. The van der Waals surface area contributed by atoms with Gasteiger partial charge in [0.2, 0.25) is 5.91 Å². The van der Waals surface area contributed by atoms with Crippen molar-refractivity contribution in [2.24, 2.45) is 5.41 Å². The van der Waals surface area contributed by atoms with Gasteiger partial charge in [0.25, 0.3) is 5.91 Å². The first-order valence-corrected chi connectivity index (χ1v) is 9.77. The Balaban J connectivity index is 1.36. The van der Waals surface area contributed by atoms with Crippen LogP contribution >= 0.6 is 0 Å². The van der Waals surface area contributed by atoms with Gasteiger partial charge in [-0.3, -0.25) is 14.5 Å². The minimum Gasteiger partial charge on any atom is -0.360 e. The van der Waals surface area contributed by atoms with E-state index in [0.29, 0.717) is 18.2 Å². The van der Waals surface area contributed by atoms with Gasteiger partial charge >= 0.3 is 0 Å². The Morgan fingerprint density at radius 3 is 2.73 bits per heavy atom. The third-order valence-corrected chi connectivity index (χ3v) is 6.24. The molecular weight excluding hydrogens is 332 g/mol. The topological polar surface area (TPSA) is 78.7 Å². The first kappa shape index (κ1) is 17.5. The van der Waals surface area contributed by atoms with Gasteiger partial charge in [0.15, 0.2) is 5.69 Å². The predicted molar refractivity (Wildman–Crippen MR) is 95.8 cm³/mol. The molecule has 1 saturated carbocycles. The number of carbonyl (C=O) groups excluding carboxylic acids is 2. The fourth-order valence-corrected chi connectivity index (χ4v) is 4.37. The fraction of sp³-hybridized carbons (Fsp3) is 0.737. The third kappa shape index (κ3) is 3.63. The van der Waals surface area contributed by atoms with Crippen molar-refractivity contribution in [1.29, 1.82) is 0 Å². The average molecular weight is 360 g/mol. The molecule has 0 unspecified atom stereocenters. The van der Waals surface area contributed by atoms with E-state index >= 15 is 0 Å². The van der Waals surface area contributed by atoms with Gasteiger partial charge in [-0.15, -0.1) is 0 Å². The summed E-state index contributed by atoms with van der Waals surface area (Å²) in [5.41, 5.74) is 0.650. The summed E-state index contributed by atoms with van der Waals surface area (Å²) in [4.78, 5) is 28.6. The molecule has 1 aliphatic carbocycles. The molecule has 1 aromatic rings. The maximum Gasteiger partial charge on any atom is 0.276 e. The van der Waals surface area contributed by atoms with E-state index < -0.39 is 0 Å². The average Bonchev–Trinajstić information content (AvgIpc) is 3.40. The van der Waals surface area contributed by atoms with E-state index in [1.54, 1.807) is 7.05 Å². The second-order valence-corrected chi connectivity index (χ2v) is 8.17. The van der Waals surface area contributed by atoms with E-state index in [1.165, 1.54) is 0 Å². The molecule has 3 fully saturated rings. The van der Waals surface area contributed by atoms with Crippen molar-refractivity contribution in [3.05, 3.63) is 17.5 Å². The molecular formula is C19H28N4O3. The van der Waals surface area contributed by atoms with Crippen molar-refractivity contribution in [3.63, 3.8) is 0 Å². The molecule has 7 nitrogen and oxygen atoms in total. The lowest BCUT2D eigenvalue weighted by molar-refractivity contribution is -0.122. The van der Waals surface area contributed by atoms with Crippen molar-refractivity contribution in [1.82, 2.24) is 20.3 Å². The van der Waals surface area contributed by atoms with Crippen molar-refractivity contribution in [2.45, 2.75) is 44.4 Å². The molecule has 0 radical (unpaired) electrons. The standard InChI is InChI=1S/C19H28N4O3/c1-20-17(24)12-22-9-6-19(7-10-22)5-2-8-23(13-19)18(25)15-11-16(26-21-15)14-3-4-14/h11,14H,2-10,12-13H2,1H3,(H,20,24). The molecule has 2 saturated heterocycles. The Hall–Kier alpha value is -1.89. The maximum atomic E-state index is 12.9. The molecule has 4 rings (SSSR count). The van der Waals surface area contributed by atoms with Gasteiger partial charge in [-0.1, -0.05) is 5.16 Å². The third-order valence-electron chi connectivity index (χ3n) is 6.24. The Morgan fingerprint density at radius 1 is 1.27 bits per heavy atom. The van der Waals surface area contributed by atoms with E-state index in [-0.39, 0.29) is 17.2 Å². The molecule has 1 N–H and O–H groups in total. The summed E-state index contributed by atoms with van der Waals surface area (Å²) in [7, 11) is 1.68. The Bertz CT molecular complexity index is 674. The quantitative estimate of drug-likeness (QED) is 0.883. The van der Waals surface area contributed by atoms with Crippen LogP contribution in [0.5, 0.6) is 0 Å². The molecule has 3 heterocycles. The van der Waals surface area contributed by atoms with E-state index in [1.807, 2.05) is 11.0 Å². The number of aromatic nitrogens is 1. The van der Waals surface area contributed by atoms with Crippen LogP contribution in [0.15, 0.2) is 10.6 Å². The van der Waals surface area contributed by atoms with Crippen LogP contribution in [0, 0.1) is 5.41 Å². The van der Waals surface area contributed by atoms with Gasteiger partial charge in [0.1, 0.15) is 5.76 Å². The molecule has 3 aliphatic rings. The van der Waals surface area contributed by atoms with Crippen molar-refractivity contribution in [2.75, 3.05) is 39.8 Å². The van der Waals surface area contributed by atoms with Gasteiger partial charge in [-0.25, -0.2) is 0 Å². The Kier molecular flexibility index (Phi) is 4.73. The van der Waals surface area contributed by atoms with Crippen LogP contribution < -0.4 is 5.32 Å². The minimum atomic E-state index is 0.00696. The summed E-state index contributed by atoms with van der Waals surface area (Å²) >= 11 is 0. The highest BCUT2D eigenvalue weighted by Crippen LogP contribution is 2.41. The van der Waals surface area contributed by atoms with E-state index in [9.17, 15) is 9.59 Å². The predicted octanol–water partition coefficient (Wildman–Crippen LogP) is 1.62. The smallest absolute Gasteiger partial charge is 0.276 e. The number of nitrogens with one attached hydrogen (secondary N) is 1. The summed E-state index contributed by atoms with van der Waals surface area (Å²) < 4.78 is 5.36. The van der Waals surface area contributed by atoms with Crippen molar-refractivity contribution >= 4 is 11.8 Å². The van der Waals surface area contributed by atoms with Crippen LogP contribution in [-0.2, 0) is 4.79 Å². The van der Waals surface area contributed by atoms with E-state index in [2.05, 4.69) is 15.4 Å². The second-order valence-electron chi connectivity index (χ2n) is 8.17. The molecule has 0 bridgehead atoms. The number of likely N-dealkylation sites (N-methyl/N-ethyl adjacent to an activating group) is 1. The van der Waals surface area contributed by atoms with Crippen LogP contribution in [0.4, 0.5) is 0 Å². The molecule has 2 aliphatic heterocycles. The maximum absolute atomic E-state index is 12.9. The number of hydrogen-bond donors (Lipinski definition) is 1. The molecule has 26 heavy (non-hydrogen) atoms. The molecule has 0 aromatic carbocycles. The Labute approximate surface area is 154 Å². The summed E-state index contributed by atoms with van der Waals surface area (Å²) in [5.74, 6) is 1.41. The zero-order valence-electron chi connectivity index (χ0n) is 15.5. The summed E-state index contributed by atoms with van der Waals surface area (Å²) in [5, 5.41) is 6.71. The van der Waals surface area contributed by atoms with Gasteiger partial charge in [0.05, 0.1) is 6.54 Å². The minimum absolute atomic E-state index is 0.00696. The Morgan fingerprint density at radius 2 is 2.04 bits per heavy atom. The molecule has 1 aromatic heterocycles.